The predicted molar refractivity (Wildman–Crippen MR) is 100.0 cm³/mol. The first-order valence-corrected chi connectivity index (χ1v) is 9.24. The number of carbonyl (C=O) groups is 1. The highest BCUT2D eigenvalue weighted by atomic mass is 16.6. The summed E-state index contributed by atoms with van der Waals surface area (Å²) in [5.41, 5.74) is 1.52. The molecule has 1 atom stereocenters. The van der Waals surface area contributed by atoms with E-state index in [4.69, 9.17) is 4.84 Å². The number of aromatic nitrogens is 3. The molecule has 3 heterocycles. The molecule has 142 valence electrons. The number of rotatable bonds is 3. The van der Waals surface area contributed by atoms with E-state index in [1.54, 1.807) is 11.6 Å². The summed E-state index contributed by atoms with van der Waals surface area (Å²) in [6, 6.07) is 9.55. The minimum Gasteiger partial charge on any atom is -0.382 e. The van der Waals surface area contributed by atoms with Crippen LogP contribution in [0.15, 0.2) is 40.3 Å². The molecule has 1 aromatic carbocycles. The first-order valence-electron chi connectivity index (χ1n) is 9.24. The lowest BCUT2D eigenvalue weighted by atomic mass is 9.95. The number of hydrogen-bond acceptors (Lipinski definition) is 5. The quantitative estimate of drug-likeness (QED) is 0.820. The molecule has 8 nitrogen and oxygen atoms in total. The average molecular weight is 369 g/mol. The number of para-hydroxylation sites is 1. The Labute approximate surface area is 157 Å². The topological polar surface area (TPSA) is 81.7 Å². The van der Waals surface area contributed by atoms with Gasteiger partial charge in [-0.1, -0.05) is 23.4 Å². The van der Waals surface area contributed by atoms with Gasteiger partial charge in [-0.25, -0.2) is 14.0 Å². The second-order valence-electron chi connectivity index (χ2n) is 7.16. The molecule has 2 aliphatic heterocycles. The van der Waals surface area contributed by atoms with Crippen molar-refractivity contribution >= 4 is 11.6 Å². The van der Waals surface area contributed by atoms with Crippen LogP contribution < -0.4 is 5.69 Å². The van der Waals surface area contributed by atoms with E-state index in [9.17, 15) is 9.59 Å². The number of nitrogens with zero attached hydrogens (tertiary/aromatic N) is 5. The van der Waals surface area contributed by atoms with Crippen LogP contribution in [0.1, 0.15) is 37.9 Å². The van der Waals surface area contributed by atoms with Crippen molar-refractivity contribution in [2.75, 3.05) is 13.1 Å². The van der Waals surface area contributed by atoms with Crippen molar-refractivity contribution in [3.8, 4) is 5.69 Å². The maximum atomic E-state index is 12.6. The van der Waals surface area contributed by atoms with Crippen LogP contribution in [0.2, 0.25) is 0 Å². The standard InChI is InChI=1S/C19H23N5O3/c1-13-12-16(27-21-13)18(25)23-10-8-14(9-11-23)17-20-22(2)19(26)24(17)15-6-4-3-5-7-15/h3-7,14,16H,8-12H2,1-2H3/t16-/m0/s1. The highest BCUT2D eigenvalue weighted by Crippen LogP contribution is 2.28. The van der Waals surface area contributed by atoms with Gasteiger partial charge >= 0.3 is 5.69 Å². The van der Waals surface area contributed by atoms with Gasteiger partial charge in [-0.05, 0) is 31.9 Å². The van der Waals surface area contributed by atoms with Gasteiger partial charge in [-0.2, -0.15) is 5.10 Å². The van der Waals surface area contributed by atoms with Crippen LogP contribution in [-0.4, -0.2) is 50.1 Å². The fourth-order valence-electron chi connectivity index (χ4n) is 3.76. The number of aryl methyl sites for hydroxylation is 1. The summed E-state index contributed by atoms with van der Waals surface area (Å²) in [4.78, 5) is 32.2. The van der Waals surface area contributed by atoms with Crippen molar-refractivity contribution in [2.45, 2.75) is 38.2 Å². The fraction of sp³-hybridized carbons (Fsp3) is 0.474. The summed E-state index contributed by atoms with van der Waals surface area (Å²) in [5.74, 6) is 0.887. The van der Waals surface area contributed by atoms with E-state index in [0.717, 1.165) is 30.1 Å². The Morgan fingerprint density at radius 2 is 1.89 bits per heavy atom. The summed E-state index contributed by atoms with van der Waals surface area (Å²) in [5, 5.41) is 8.36. The molecular weight excluding hydrogens is 346 g/mol. The largest absolute Gasteiger partial charge is 0.382 e. The zero-order valence-corrected chi connectivity index (χ0v) is 15.5. The summed E-state index contributed by atoms with van der Waals surface area (Å²) in [7, 11) is 1.67. The third-order valence-electron chi connectivity index (χ3n) is 5.23. The highest BCUT2D eigenvalue weighted by molar-refractivity contribution is 5.91. The molecule has 1 aromatic heterocycles. The first-order chi connectivity index (χ1) is 13.0. The normalized spacial score (nSPS) is 20.4. The highest BCUT2D eigenvalue weighted by Gasteiger charge is 2.34. The van der Waals surface area contributed by atoms with E-state index >= 15 is 0 Å². The third-order valence-corrected chi connectivity index (χ3v) is 5.23. The van der Waals surface area contributed by atoms with Crippen molar-refractivity contribution < 1.29 is 9.63 Å². The third kappa shape index (κ3) is 3.27. The molecule has 2 aromatic rings. The first kappa shape index (κ1) is 17.5. The number of likely N-dealkylation sites (tertiary alicyclic amines) is 1. The molecule has 8 heteroatoms. The molecule has 1 fully saturated rings. The van der Waals surface area contributed by atoms with Crippen LogP contribution in [0, 0.1) is 0 Å². The van der Waals surface area contributed by atoms with Gasteiger partial charge in [0.25, 0.3) is 5.91 Å². The Kier molecular flexibility index (Phi) is 4.55. The van der Waals surface area contributed by atoms with Crippen molar-refractivity contribution in [2.24, 2.45) is 12.2 Å². The Balaban J connectivity index is 1.50. The minimum atomic E-state index is -0.487. The molecular formula is C19H23N5O3. The number of carbonyl (C=O) groups excluding carboxylic acids is 1. The zero-order valence-electron chi connectivity index (χ0n) is 15.5. The monoisotopic (exact) mass is 369 g/mol. The number of amides is 1. The molecule has 0 N–H and O–H groups in total. The number of benzene rings is 1. The molecule has 0 saturated carbocycles. The van der Waals surface area contributed by atoms with E-state index in [2.05, 4.69) is 10.3 Å². The van der Waals surface area contributed by atoms with Crippen molar-refractivity contribution in [1.82, 2.24) is 19.2 Å². The molecule has 1 amide bonds. The molecule has 27 heavy (non-hydrogen) atoms. The summed E-state index contributed by atoms with van der Waals surface area (Å²) < 4.78 is 3.06. The van der Waals surface area contributed by atoms with E-state index in [1.165, 1.54) is 4.68 Å². The van der Waals surface area contributed by atoms with Crippen molar-refractivity contribution in [1.29, 1.82) is 0 Å². The number of hydrogen-bond donors (Lipinski definition) is 0. The summed E-state index contributed by atoms with van der Waals surface area (Å²) in [6.45, 7) is 3.12. The van der Waals surface area contributed by atoms with E-state index in [-0.39, 0.29) is 17.5 Å². The molecule has 0 unspecified atom stereocenters. The summed E-state index contributed by atoms with van der Waals surface area (Å²) in [6.07, 6.45) is 1.61. The van der Waals surface area contributed by atoms with E-state index in [0.29, 0.717) is 19.5 Å². The van der Waals surface area contributed by atoms with Gasteiger partial charge < -0.3 is 9.74 Å². The Morgan fingerprint density at radius 3 is 2.52 bits per heavy atom. The Morgan fingerprint density at radius 1 is 1.19 bits per heavy atom. The molecule has 0 bridgehead atoms. The van der Waals surface area contributed by atoms with Crippen LogP contribution in [0.25, 0.3) is 5.69 Å². The van der Waals surface area contributed by atoms with Gasteiger partial charge in [0.05, 0.1) is 11.4 Å². The molecule has 4 rings (SSSR count). The van der Waals surface area contributed by atoms with Crippen LogP contribution in [-0.2, 0) is 16.7 Å². The molecule has 2 aliphatic rings. The van der Waals surface area contributed by atoms with Gasteiger partial charge in [-0.3, -0.25) is 4.79 Å². The minimum absolute atomic E-state index is 0.00415. The second-order valence-corrected chi connectivity index (χ2v) is 7.16. The van der Waals surface area contributed by atoms with Crippen LogP contribution in [0.5, 0.6) is 0 Å². The molecule has 1 saturated heterocycles. The van der Waals surface area contributed by atoms with Gasteiger partial charge in [0.1, 0.15) is 5.82 Å². The molecule has 0 spiro atoms. The van der Waals surface area contributed by atoms with Crippen LogP contribution in [0.4, 0.5) is 0 Å². The van der Waals surface area contributed by atoms with Gasteiger partial charge in [0.2, 0.25) is 6.10 Å². The zero-order chi connectivity index (χ0) is 19.0. The maximum Gasteiger partial charge on any atom is 0.350 e. The lowest BCUT2D eigenvalue weighted by Gasteiger charge is -2.32. The number of piperidine rings is 1. The maximum absolute atomic E-state index is 12.6. The average Bonchev–Trinajstić information content (AvgIpc) is 3.26. The van der Waals surface area contributed by atoms with Crippen molar-refractivity contribution in [3.63, 3.8) is 0 Å². The lowest BCUT2D eigenvalue weighted by Crippen LogP contribution is -2.43. The second kappa shape index (κ2) is 7.02. The molecule has 0 aliphatic carbocycles. The SMILES string of the molecule is CC1=NO[C@H](C(=O)N2CCC(c3nn(C)c(=O)n3-c3ccccc3)CC2)C1. The van der Waals surface area contributed by atoms with Crippen LogP contribution in [0.3, 0.4) is 0 Å². The Hall–Kier alpha value is -2.90. The Bertz CT molecular complexity index is 923. The lowest BCUT2D eigenvalue weighted by molar-refractivity contribution is -0.143. The van der Waals surface area contributed by atoms with E-state index < -0.39 is 6.10 Å². The van der Waals surface area contributed by atoms with Gasteiger partial charge in [0.15, 0.2) is 0 Å². The van der Waals surface area contributed by atoms with E-state index in [1.807, 2.05) is 42.2 Å². The van der Waals surface area contributed by atoms with Crippen molar-refractivity contribution in [3.05, 3.63) is 46.6 Å². The fourth-order valence-corrected chi connectivity index (χ4v) is 3.76. The summed E-state index contributed by atoms with van der Waals surface area (Å²) >= 11 is 0. The number of oxime groups is 1. The van der Waals surface area contributed by atoms with Gasteiger partial charge in [-0.15, -0.1) is 0 Å². The van der Waals surface area contributed by atoms with Crippen LogP contribution >= 0.6 is 0 Å². The van der Waals surface area contributed by atoms with Gasteiger partial charge in [0, 0.05) is 32.5 Å². The smallest absolute Gasteiger partial charge is 0.350 e. The molecule has 0 radical (unpaired) electrons. The predicted octanol–water partition coefficient (Wildman–Crippen LogP) is 1.44.